The predicted octanol–water partition coefficient (Wildman–Crippen LogP) is 2.59. The second kappa shape index (κ2) is 6.07. The maximum atomic E-state index is 12.1. The van der Waals surface area contributed by atoms with Gasteiger partial charge in [-0.1, -0.05) is 19.9 Å². The number of fused-ring (bicyclic) bond motifs is 1. The summed E-state index contributed by atoms with van der Waals surface area (Å²) in [7, 11) is 0. The zero-order chi connectivity index (χ0) is 14.7. The number of ether oxygens (including phenoxy) is 1. The molecule has 4 nitrogen and oxygen atoms in total. The van der Waals surface area contributed by atoms with Gasteiger partial charge in [0.05, 0.1) is 5.56 Å². The molecule has 0 fully saturated rings. The van der Waals surface area contributed by atoms with Crippen LogP contribution in [0.3, 0.4) is 0 Å². The Balaban J connectivity index is 2.14. The second-order valence-electron chi connectivity index (χ2n) is 5.34. The van der Waals surface area contributed by atoms with E-state index in [1.165, 1.54) is 0 Å². The molecule has 0 heterocycles. The molecule has 0 saturated carbocycles. The summed E-state index contributed by atoms with van der Waals surface area (Å²) < 4.78 is 5.55. The van der Waals surface area contributed by atoms with Crippen LogP contribution in [0.5, 0.6) is 5.75 Å². The van der Waals surface area contributed by atoms with Crippen LogP contribution in [0.15, 0.2) is 12.1 Å². The van der Waals surface area contributed by atoms with Gasteiger partial charge in [-0.25, -0.2) is 0 Å². The van der Waals surface area contributed by atoms with E-state index in [0.29, 0.717) is 24.3 Å². The first kappa shape index (κ1) is 14.6. The van der Waals surface area contributed by atoms with Crippen molar-refractivity contribution < 1.29 is 14.3 Å². The van der Waals surface area contributed by atoms with Crippen molar-refractivity contribution in [3.8, 4) is 5.75 Å². The average Bonchev–Trinajstić information content (AvgIpc) is 2.72. The number of amides is 1. The van der Waals surface area contributed by atoms with Gasteiger partial charge in [-0.3, -0.25) is 9.59 Å². The van der Waals surface area contributed by atoms with Crippen LogP contribution >= 0.6 is 0 Å². The molecule has 20 heavy (non-hydrogen) atoms. The molecule has 108 valence electrons. The van der Waals surface area contributed by atoms with Crippen molar-refractivity contribution in [2.45, 2.75) is 39.5 Å². The lowest BCUT2D eigenvalue weighted by Gasteiger charge is -2.13. The van der Waals surface area contributed by atoms with Gasteiger partial charge < -0.3 is 10.1 Å². The SMILES string of the molecule is CCCNC(=O)COc1ccc(C)c2c1C(=O)C[C@@H]2C. The molecule has 0 radical (unpaired) electrons. The van der Waals surface area contributed by atoms with E-state index in [1.807, 2.05) is 19.9 Å². The van der Waals surface area contributed by atoms with E-state index in [9.17, 15) is 9.59 Å². The lowest BCUT2D eigenvalue weighted by atomic mass is 9.97. The molecule has 0 unspecified atom stereocenters. The van der Waals surface area contributed by atoms with Gasteiger partial charge in [-0.2, -0.15) is 0 Å². The minimum Gasteiger partial charge on any atom is -0.483 e. The van der Waals surface area contributed by atoms with Gasteiger partial charge in [-0.05, 0) is 36.5 Å². The number of rotatable bonds is 5. The van der Waals surface area contributed by atoms with Gasteiger partial charge in [0.25, 0.3) is 5.91 Å². The van der Waals surface area contributed by atoms with Gasteiger partial charge in [0, 0.05) is 13.0 Å². The van der Waals surface area contributed by atoms with Crippen molar-refractivity contribution in [3.05, 3.63) is 28.8 Å². The summed E-state index contributed by atoms with van der Waals surface area (Å²) in [6.07, 6.45) is 1.42. The Hall–Kier alpha value is -1.84. The highest BCUT2D eigenvalue weighted by Crippen LogP contribution is 2.40. The molecule has 1 aliphatic rings. The molecule has 1 aromatic rings. The van der Waals surface area contributed by atoms with E-state index >= 15 is 0 Å². The number of aryl methyl sites for hydroxylation is 1. The Morgan fingerprint density at radius 3 is 2.90 bits per heavy atom. The Morgan fingerprint density at radius 2 is 2.20 bits per heavy atom. The summed E-state index contributed by atoms with van der Waals surface area (Å²) in [6, 6.07) is 3.74. The van der Waals surface area contributed by atoms with Gasteiger partial charge in [0.2, 0.25) is 0 Å². The van der Waals surface area contributed by atoms with Crippen molar-refractivity contribution in [1.82, 2.24) is 5.32 Å². The zero-order valence-electron chi connectivity index (χ0n) is 12.3. The normalized spacial score (nSPS) is 16.9. The number of hydrogen-bond acceptors (Lipinski definition) is 3. The molecule has 1 N–H and O–H groups in total. The number of benzene rings is 1. The number of ketones is 1. The molecule has 2 rings (SSSR count). The largest absolute Gasteiger partial charge is 0.483 e. The van der Waals surface area contributed by atoms with Crippen molar-refractivity contribution >= 4 is 11.7 Å². The maximum Gasteiger partial charge on any atom is 0.257 e. The third-order valence-corrected chi connectivity index (χ3v) is 3.62. The molecule has 4 heteroatoms. The Kier molecular flexibility index (Phi) is 4.42. The van der Waals surface area contributed by atoms with E-state index in [2.05, 4.69) is 12.2 Å². The number of nitrogens with one attached hydrogen (secondary N) is 1. The number of carbonyl (C=O) groups is 2. The Morgan fingerprint density at radius 1 is 1.45 bits per heavy atom. The first-order valence-electron chi connectivity index (χ1n) is 7.10. The predicted molar refractivity (Wildman–Crippen MR) is 77.3 cm³/mol. The third kappa shape index (κ3) is 2.84. The summed E-state index contributed by atoms with van der Waals surface area (Å²) in [6.45, 7) is 6.65. The number of Topliss-reactive ketones (excluding diaryl/α,β-unsaturated/α-hetero) is 1. The summed E-state index contributed by atoms with van der Waals surface area (Å²) >= 11 is 0. The van der Waals surface area contributed by atoms with Crippen LogP contribution in [-0.4, -0.2) is 24.8 Å². The van der Waals surface area contributed by atoms with Gasteiger partial charge >= 0.3 is 0 Å². The Labute approximate surface area is 119 Å². The molecule has 0 aliphatic heterocycles. The molecule has 0 bridgehead atoms. The monoisotopic (exact) mass is 275 g/mol. The topological polar surface area (TPSA) is 55.4 Å². The zero-order valence-corrected chi connectivity index (χ0v) is 12.3. The lowest BCUT2D eigenvalue weighted by molar-refractivity contribution is -0.123. The van der Waals surface area contributed by atoms with Crippen LogP contribution in [0, 0.1) is 6.92 Å². The molecule has 1 atom stereocenters. The first-order valence-corrected chi connectivity index (χ1v) is 7.10. The number of hydrogen-bond donors (Lipinski definition) is 1. The van der Waals surface area contributed by atoms with E-state index in [-0.39, 0.29) is 24.2 Å². The van der Waals surface area contributed by atoms with Gasteiger partial charge in [-0.15, -0.1) is 0 Å². The van der Waals surface area contributed by atoms with Crippen LogP contribution < -0.4 is 10.1 Å². The highest BCUT2D eigenvalue weighted by atomic mass is 16.5. The van der Waals surface area contributed by atoms with Crippen LogP contribution in [0.2, 0.25) is 0 Å². The first-order chi connectivity index (χ1) is 9.54. The smallest absolute Gasteiger partial charge is 0.257 e. The fraction of sp³-hybridized carbons (Fsp3) is 0.500. The maximum absolute atomic E-state index is 12.1. The van der Waals surface area contributed by atoms with E-state index < -0.39 is 0 Å². The van der Waals surface area contributed by atoms with E-state index in [4.69, 9.17) is 4.74 Å². The summed E-state index contributed by atoms with van der Waals surface area (Å²) in [5, 5.41) is 2.75. The second-order valence-corrected chi connectivity index (χ2v) is 5.34. The summed E-state index contributed by atoms with van der Waals surface area (Å²) in [5.74, 6) is 0.724. The van der Waals surface area contributed by atoms with Crippen molar-refractivity contribution in [3.63, 3.8) is 0 Å². The summed E-state index contributed by atoms with van der Waals surface area (Å²) in [4.78, 5) is 23.7. The standard InChI is InChI=1S/C16H21NO3/c1-4-7-17-14(19)9-20-13-6-5-10(2)15-11(3)8-12(18)16(13)15/h5-6,11H,4,7-9H2,1-3H3,(H,17,19)/t11-/m0/s1. The molecule has 0 saturated heterocycles. The minimum absolute atomic E-state index is 0.0445. The molecule has 1 aromatic carbocycles. The fourth-order valence-electron chi connectivity index (χ4n) is 2.69. The number of carbonyl (C=O) groups excluding carboxylic acids is 2. The molecular weight excluding hydrogens is 254 g/mol. The summed E-state index contributed by atoms with van der Waals surface area (Å²) in [5.41, 5.74) is 2.85. The lowest BCUT2D eigenvalue weighted by Crippen LogP contribution is -2.29. The van der Waals surface area contributed by atoms with Crippen molar-refractivity contribution in [2.24, 2.45) is 0 Å². The molecule has 1 amide bonds. The molecule has 0 spiro atoms. The van der Waals surface area contributed by atoms with Crippen LogP contribution in [-0.2, 0) is 4.79 Å². The van der Waals surface area contributed by atoms with Gasteiger partial charge in [0.15, 0.2) is 12.4 Å². The van der Waals surface area contributed by atoms with Crippen LogP contribution in [0.4, 0.5) is 0 Å². The van der Waals surface area contributed by atoms with Crippen LogP contribution in [0.1, 0.15) is 54.1 Å². The van der Waals surface area contributed by atoms with E-state index in [1.54, 1.807) is 6.07 Å². The fourth-order valence-corrected chi connectivity index (χ4v) is 2.69. The quantitative estimate of drug-likeness (QED) is 0.898. The van der Waals surface area contributed by atoms with E-state index in [0.717, 1.165) is 17.5 Å². The highest BCUT2D eigenvalue weighted by Gasteiger charge is 2.31. The molecular formula is C16H21NO3. The van der Waals surface area contributed by atoms with Gasteiger partial charge in [0.1, 0.15) is 5.75 Å². The Bertz CT molecular complexity index is 537. The molecule has 1 aliphatic carbocycles. The third-order valence-electron chi connectivity index (χ3n) is 3.62. The highest BCUT2D eigenvalue weighted by molar-refractivity contribution is 6.04. The average molecular weight is 275 g/mol. The van der Waals surface area contributed by atoms with Crippen LogP contribution in [0.25, 0.3) is 0 Å². The molecule has 0 aromatic heterocycles. The minimum atomic E-state index is -0.153. The van der Waals surface area contributed by atoms with Crippen molar-refractivity contribution in [1.29, 1.82) is 0 Å². The van der Waals surface area contributed by atoms with Crippen molar-refractivity contribution in [2.75, 3.05) is 13.2 Å².